The number of benzene rings is 1. The number of thiophene rings is 1. The molecule has 156 valence electrons. The van der Waals surface area contributed by atoms with Crippen molar-refractivity contribution in [3.05, 3.63) is 57.1 Å². The zero-order valence-corrected chi connectivity index (χ0v) is 18.7. The second kappa shape index (κ2) is 9.07. The standard InChI is InChI=1S/C22H24N4O2S2/c1-15-5-6-17(12-16(15)2)18-14-30-22(23-18)24-20(27)13-25-7-9-26(10-8-25)21(28)19-4-3-11-29-19/h3-6,11-12,14H,7-10,13H2,1-2H3,(H,23,24,27). The molecule has 0 radical (unpaired) electrons. The Labute approximate surface area is 184 Å². The van der Waals surface area contributed by atoms with Gasteiger partial charge in [-0.25, -0.2) is 4.98 Å². The van der Waals surface area contributed by atoms with Gasteiger partial charge in [0.05, 0.1) is 17.1 Å². The van der Waals surface area contributed by atoms with E-state index in [1.807, 2.05) is 27.8 Å². The lowest BCUT2D eigenvalue weighted by Gasteiger charge is -2.34. The molecule has 3 aromatic rings. The summed E-state index contributed by atoms with van der Waals surface area (Å²) in [5, 5.41) is 7.40. The summed E-state index contributed by atoms with van der Waals surface area (Å²) in [6.07, 6.45) is 0. The van der Waals surface area contributed by atoms with Crippen molar-refractivity contribution in [1.82, 2.24) is 14.8 Å². The zero-order chi connectivity index (χ0) is 21.1. The largest absolute Gasteiger partial charge is 0.335 e. The van der Waals surface area contributed by atoms with E-state index in [0.717, 1.165) is 16.1 Å². The molecule has 8 heteroatoms. The number of amides is 2. The number of aromatic nitrogens is 1. The van der Waals surface area contributed by atoms with Crippen LogP contribution >= 0.6 is 22.7 Å². The molecule has 0 spiro atoms. The smallest absolute Gasteiger partial charge is 0.264 e. The predicted octanol–water partition coefficient (Wildman–Crippen LogP) is 3.88. The summed E-state index contributed by atoms with van der Waals surface area (Å²) in [7, 11) is 0. The van der Waals surface area contributed by atoms with Crippen molar-refractivity contribution in [2.24, 2.45) is 0 Å². The van der Waals surface area contributed by atoms with Gasteiger partial charge in [0, 0.05) is 37.1 Å². The lowest BCUT2D eigenvalue weighted by Crippen LogP contribution is -2.50. The van der Waals surface area contributed by atoms with Gasteiger partial charge in [0.15, 0.2) is 5.13 Å². The van der Waals surface area contributed by atoms with Crippen molar-refractivity contribution in [2.45, 2.75) is 13.8 Å². The van der Waals surface area contributed by atoms with Crippen molar-refractivity contribution in [1.29, 1.82) is 0 Å². The molecule has 0 aliphatic carbocycles. The average Bonchev–Trinajstić information content (AvgIpc) is 3.42. The maximum absolute atomic E-state index is 12.5. The van der Waals surface area contributed by atoms with Crippen LogP contribution in [0.25, 0.3) is 11.3 Å². The van der Waals surface area contributed by atoms with E-state index < -0.39 is 0 Å². The normalized spacial score (nSPS) is 14.7. The van der Waals surface area contributed by atoms with Crippen LogP contribution in [0.4, 0.5) is 5.13 Å². The molecule has 1 aromatic carbocycles. The Kier molecular flexibility index (Phi) is 6.26. The lowest BCUT2D eigenvalue weighted by atomic mass is 10.1. The number of carbonyl (C=O) groups excluding carboxylic acids is 2. The van der Waals surface area contributed by atoms with Crippen LogP contribution in [0, 0.1) is 13.8 Å². The Morgan fingerprint density at radius 1 is 1.07 bits per heavy atom. The van der Waals surface area contributed by atoms with Crippen LogP contribution in [-0.2, 0) is 4.79 Å². The minimum absolute atomic E-state index is 0.0750. The van der Waals surface area contributed by atoms with Gasteiger partial charge < -0.3 is 10.2 Å². The minimum atomic E-state index is -0.0750. The molecule has 0 saturated carbocycles. The predicted molar refractivity (Wildman–Crippen MR) is 122 cm³/mol. The van der Waals surface area contributed by atoms with Gasteiger partial charge in [-0.1, -0.05) is 18.2 Å². The van der Waals surface area contributed by atoms with Crippen molar-refractivity contribution in [3.8, 4) is 11.3 Å². The molecule has 30 heavy (non-hydrogen) atoms. The second-order valence-corrected chi connectivity index (χ2v) is 9.24. The number of hydrogen-bond acceptors (Lipinski definition) is 6. The number of aryl methyl sites for hydroxylation is 2. The highest BCUT2D eigenvalue weighted by atomic mass is 32.1. The van der Waals surface area contributed by atoms with E-state index in [-0.39, 0.29) is 11.8 Å². The van der Waals surface area contributed by atoms with Crippen LogP contribution in [0.5, 0.6) is 0 Å². The molecule has 0 atom stereocenters. The molecule has 1 aliphatic rings. The third-order valence-electron chi connectivity index (χ3n) is 5.31. The SMILES string of the molecule is Cc1ccc(-c2csc(NC(=O)CN3CCN(C(=O)c4cccs4)CC3)n2)cc1C. The topological polar surface area (TPSA) is 65.5 Å². The van der Waals surface area contributed by atoms with E-state index in [1.54, 1.807) is 0 Å². The fourth-order valence-electron chi connectivity index (χ4n) is 3.39. The Bertz CT molecular complexity index is 1040. The van der Waals surface area contributed by atoms with Crippen molar-refractivity contribution in [3.63, 3.8) is 0 Å². The number of thiazole rings is 1. The van der Waals surface area contributed by atoms with Crippen molar-refractivity contribution in [2.75, 3.05) is 38.0 Å². The van der Waals surface area contributed by atoms with Crippen LogP contribution in [0.3, 0.4) is 0 Å². The summed E-state index contributed by atoms with van der Waals surface area (Å²) in [4.78, 5) is 34.1. The molecule has 4 rings (SSSR count). The summed E-state index contributed by atoms with van der Waals surface area (Å²) < 4.78 is 0. The maximum atomic E-state index is 12.5. The van der Waals surface area contributed by atoms with Crippen LogP contribution in [0.15, 0.2) is 41.1 Å². The van der Waals surface area contributed by atoms with E-state index in [9.17, 15) is 9.59 Å². The summed E-state index contributed by atoms with van der Waals surface area (Å²) >= 11 is 2.90. The summed E-state index contributed by atoms with van der Waals surface area (Å²) in [6.45, 7) is 7.13. The third kappa shape index (κ3) is 4.77. The number of nitrogens with one attached hydrogen (secondary N) is 1. The fourth-order valence-corrected chi connectivity index (χ4v) is 4.82. The summed E-state index contributed by atoms with van der Waals surface area (Å²) in [5.74, 6) is 0.00442. The number of piperazine rings is 1. The van der Waals surface area contributed by atoms with Crippen molar-refractivity contribution >= 4 is 39.6 Å². The fraction of sp³-hybridized carbons (Fsp3) is 0.318. The lowest BCUT2D eigenvalue weighted by molar-refractivity contribution is -0.117. The number of carbonyl (C=O) groups is 2. The highest BCUT2D eigenvalue weighted by molar-refractivity contribution is 7.14. The third-order valence-corrected chi connectivity index (χ3v) is 6.93. The van der Waals surface area contributed by atoms with Gasteiger partial charge in [0.1, 0.15) is 0 Å². The monoisotopic (exact) mass is 440 g/mol. The molecule has 6 nitrogen and oxygen atoms in total. The highest BCUT2D eigenvalue weighted by Crippen LogP contribution is 2.26. The Hall–Kier alpha value is -2.55. The first-order valence-electron chi connectivity index (χ1n) is 9.88. The molecule has 3 heterocycles. The average molecular weight is 441 g/mol. The van der Waals surface area contributed by atoms with Crippen LogP contribution in [0.2, 0.25) is 0 Å². The Balaban J connectivity index is 1.28. The number of hydrogen-bond donors (Lipinski definition) is 1. The maximum Gasteiger partial charge on any atom is 0.264 e. The van der Waals surface area contributed by atoms with Gasteiger partial charge in [0.2, 0.25) is 5.91 Å². The van der Waals surface area contributed by atoms with Gasteiger partial charge in [0.25, 0.3) is 5.91 Å². The van der Waals surface area contributed by atoms with Gasteiger partial charge in [-0.3, -0.25) is 14.5 Å². The molecule has 0 bridgehead atoms. The first-order valence-corrected chi connectivity index (χ1v) is 11.6. The summed E-state index contributed by atoms with van der Waals surface area (Å²) in [5.41, 5.74) is 4.41. The molecule has 2 aromatic heterocycles. The quantitative estimate of drug-likeness (QED) is 0.654. The molecular formula is C22H24N4O2S2. The second-order valence-electron chi connectivity index (χ2n) is 7.43. The molecular weight excluding hydrogens is 416 g/mol. The molecule has 0 unspecified atom stereocenters. The van der Waals surface area contributed by atoms with Gasteiger partial charge in [-0.15, -0.1) is 22.7 Å². The number of nitrogens with zero attached hydrogens (tertiary/aromatic N) is 3. The first kappa shape index (κ1) is 20.7. The van der Waals surface area contributed by atoms with Crippen LogP contribution < -0.4 is 5.32 Å². The van der Waals surface area contributed by atoms with E-state index in [4.69, 9.17) is 0 Å². The van der Waals surface area contributed by atoms with Gasteiger partial charge >= 0.3 is 0 Å². The molecule has 2 amide bonds. The van der Waals surface area contributed by atoms with Crippen molar-refractivity contribution < 1.29 is 9.59 Å². The van der Waals surface area contributed by atoms with E-state index >= 15 is 0 Å². The van der Waals surface area contributed by atoms with Gasteiger partial charge in [-0.2, -0.15) is 0 Å². The molecule has 1 fully saturated rings. The zero-order valence-electron chi connectivity index (χ0n) is 17.1. The highest BCUT2D eigenvalue weighted by Gasteiger charge is 2.24. The number of anilines is 1. The first-order chi connectivity index (χ1) is 14.5. The van der Waals surface area contributed by atoms with E-state index in [0.29, 0.717) is 37.9 Å². The summed E-state index contributed by atoms with van der Waals surface area (Å²) in [6, 6.07) is 10.0. The molecule has 1 saturated heterocycles. The minimum Gasteiger partial charge on any atom is -0.335 e. The molecule has 1 aliphatic heterocycles. The van der Waals surface area contributed by atoms with E-state index in [2.05, 4.69) is 47.2 Å². The molecule has 1 N–H and O–H groups in total. The van der Waals surface area contributed by atoms with Gasteiger partial charge in [-0.05, 0) is 42.5 Å². The van der Waals surface area contributed by atoms with Crippen LogP contribution in [-0.4, -0.2) is 59.3 Å². The van der Waals surface area contributed by atoms with Crippen LogP contribution in [0.1, 0.15) is 20.8 Å². The van der Waals surface area contributed by atoms with E-state index in [1.165, 1.54) is 33.8 Å². The number of rotatable bonds is 5. The Morgan fingerprint density at radius 2 is 1.87 bits per heavy atom. The Morgan fingerprint density at radius 3 is 2.57 bits per heavy atom.